The van der Waals surface area contributed by atoms with Crippen LogP contribution in [0.15, 0.2) is 0 Å². The number of aliphatic carboxylic acids is 1. The molecule has 0 aliphatic heterocycles. The van der Waals surface area contributed by atoms with E-state index in [9.17, 15) is 22.9 Å². The number of hydrogen-bond acceptors (Lipinski definition) is 4. The largest absolute Gasteiger partial charge is 0.543 e. The smallest absolute Gasteiger partial charge is 0.328 e. The quantitative estimate of drug-likeness (QED) is 0.219. The molecule has 0 amide bonds. The van der Waals surface area contributed by atoms with Gasteiger partial charge in [0.1, 0.15) is 5.97 Å². The monoisotopic (exact) mass is 421 g/mol. The van der Waals surface area contributed by atoms with Gasteiger partial charge in [-0.2, -0.15) is 8.42 Å². The van der Waals surface area contributed by atoms with Crippen LogP contribution in [0.5, 0.6) is 0 Å². The molecule has 0 fully saturated rings. The molecule has 0 aliphatic rings. The summed E-state index contributed by atoms with van der Waals surface area (Å²) in [6.45, 7) is 4.26. The Kier molecular flexibility index (Phi) is 12.5. The van der Waals surface area contributed by atoms with Crippen LogP contribution in [0.25, 0.3) is 0 Å². The maximum atomic E-state index is 12.4. The number of carboxylic acid groups (broad SMARTS) is 1. The predicted molar refractivity (Wildman–Crippen MR) is 112 cm³/mol. The van der Waals surface area contributed by atoms with Gasteiger partial charge in [0.05, 0.1) is 21.1 Å². The van der Waals surface area contributed by atoms with Gasteiger partial charge in [-0.3, -0.25) is 4.55 Å². The fourth-order valence-corrected chi connectivity index (χ4v) is 5.91. The van der Waals surface area contributed by atoms with Crippen molar-refractivity contribution in [2.45, 2.75) is 102 Å². The van der Waals surface area contributed by atoms with E-state index in [2.05, 4.69) is 13.8 Å². The first kappa shape index (κ1) is 27.3. The minimum absolute atomic E-state index is 0.414. The number of hydrogen-bond donors (Lipinski definition) is 1. The Balaban J connectivity index is 5.43. The molecular weight excluding hydrogens is 378 g/mol. The average Bonchev–Trinajstić information content (AvgIpc) is 2.54. The summed E-state index contributed by atoms with van der Waals surface area (Å²) in [4.78, 5) is 9.84. The predicted octanol–water partition coefficient (Wildman–Crippen LogP) is 3.75. The molecule has 0 radical (unpaired) electrons. The van der Waals surface area contributed by atoms with E-state index in [0.29, 0.717) is 12.8 Å². The van der Waals surface area contributed by atoms with Gasteiger partial charge in [-0.25, -0.2) is 0 Å². The van der Waals surface area contributed by atoms with Gasteiger partial charge in [-0.05, 0) is 12.8 Å². The number of unbranched alkanes of at least 4 members (excludes halogenated alkanes) is 9. The number of carbonyl (C=O) groups excluding carboxylic acids is 1. The zero-order valence-electron chi connectivity index (χ0n) is 18.7. The number of rotatable bonds is 17. The maximum absolute atomic E-state index is 12.4. The van der Waals surface area contributed by atoms with Crippen molar-refractivity contribution in [1.82, 2.24) is 0 Å². The second-order valence-corrected chi connectivity index (χ2v) is 10.5. The van der Waals surface area contributed by atoms with Crippen LogP contribution in [-0.4, -0.2) is 49.4 Å². The van der Waals surface area contributed by atoms with E-state index in [1.54, 1.807) is 0 Å². The van der Waals surface area contributed by atoms with Crippen LogP contribution >= 0.6 is 0 Å². The SMILES string of the molecule is CCCCCCCCCC(CCCCCC)C(C(=O)[O-])([N+](C)(C)C)S(=O)(=O)O. The molecule has 168 valence electrons. The first-order valence-electron chi connectivity index (χ1n) is 11.0. The van der Waals surface area contributed by atoms with Crippen molar-refractivity contribution < 1.29 is 27.4 Å². The molecule has 2 atom stereocenters. The van der Waals surface area contributed by atoms with Crippen molar-refractivity contribution >= 4 is 16.1 Å². The second-order valence-electron chi connectivity index (χ2n) is 8.93. The number of likely N-dealkylation sites (N-methyl/N-ethyl adjacent to an activating group) is 1. The standard InChI is InChI=1S/C21H43NO5S/c1-6-8-10-12-13-14-16-18-19(17-15-11-9-7-2)21(20(23)24,22(3,4)5)28(25,26)27/h19H,6-18H2,1-5H3,(H-,23,24,25,26,27). The summed E-state index contributed by atoms with van der Waals surface area (Å²) in [6, 6.07) is 0. The van der Waals surface area contributed by atoms with Crippen LogP contribution < -0.4 is 5.11 Å². The van der Waals surface area contributed by atoms with E-state index in [0.717, 1.165) is 51.4 Å². The van der Waals surface area contributed by atoms with E-state index in [-0.39, 0.29) is 0 Å². The first-order chi connectivity index (χ1) is 13.0. The molecule has 0 aromatic heterocycles. The zero-order chi connectivity index (χ0) is 21.8. The topological polar surface area (TPSA) is 94.5 Å². The average molecular weight is 422 g/mol. The summed E-state index contributed by atoms with van der Waals surface area (Å²) >= 11 is 0. The molecule has 0 aromatic carbocycles. The third kappa shape index (κ3) is 7.64. The van der Waals surface area contributed by atoms with Gasteiger partial charge in [0.25, 0.3) is 4.87 Å². The summed E-state index contributed by atoms with van der Waals surface area (Å²) in [7, 11) is -0.348. The molecule has 0 aromatic rings. The lowest BCUT2D eigenvalue weighted by atomic mass is 9.85. The van der Waals surface area contributed by atoms with Gasteiger partial charge in [0.15, 0.2) is 0 Å². The molecule has 28 heavy (non-hydrogen) atoms. The van der Waals surface area contributed by atoms with Crippen molar-refractivity contribution in [2.24, 2.45) is 5.92 Å². The van der Waals surface area contributed by atoms with E-state index in [1.807, 2.05) is 0 Å². The van der Waals surface area contributed by atoms with Crippen molar-refractivity contribution in [3.8, 4) is 0 Å². The van der Waals surface area contributed by atoms with Crippen LogP contribution in [0.3, 0.4) is 0 Å². The number of quaternary nitrogens is 1. The summed E-state index contributed by atoms with van der Waals surface area (Å²) in [5.41, 5.74) is 0. The molecule has 0 rings (SSSR count). The minimum Gasteiger partial charge on any atom is -0.543 e. The Hall–Kier alpha value is -0.660. The molecule has 7 heteroatoms. The van der Waals surface area contributed by atoms with Gasteiger partial charge >= 0.3 is 10.1 Å². The summed E-state index contributed by atoms with van der Waals surface area (Å²) in [5.74, 6) is -2.38. The highest BCUT2D eigenvalue weighted by Crippen LogP contribution is 2.39. The van der Waals surface area contributed by atoms with Crippen LogP contribution in [0.4, 0.5) is 0 Å². The number of nitrogens with zero attached hydrogens (tertiary/aromatic N) is 1. The molecule has 0 saturated heterocycles. The Morgan fingerprint density at radius 3 is 1.54 bits per heavy atom. The van der Waals surface area contributed by atoms with Crippen molar-refractivity contribution in [2.75, 3.05) is 21.1 Å². The van der Waals surface area contributed by atoms with Gasteiger partial charge in [0.2, 0.25) is 0 Å². The van der Waals surface area contributed by atoms with Gasteiger partial charge in [0, 0.05) is 5.92 Å². The number of carbonyl (C=O) groups is 1. The van der Waals surface area contributed by atoms with E-state index in [4.69, 9.17) is 0 Å². The van der Waals surface area contributed by atoms with Crippen LogP contribution in [0.2, 0.25) is 0 Å². The Bertz CT molecular complexity index is 541. The van der Waals surface area contributed by atoms with E-state index >= 15 is 0 Å². The maximum Gasteiger partial charge on any atom is 0.328 e. The molecule has 0 bridgehead atoms. The lowest BCUT2D eigenvalue weighted by Gasteiger charge is -2.48. The fraction of sp³-hybridized carbons (Fsp3) is 0.952. The van der Waals surface area contributed by atoms with Crippen LogP contribution in [0, 0.1) is 5.92 Å². The first-order valence-corrected chi connectivity index (χ1v) is 12.4. The normalized spacial score (nSPS) is 15.9. The van der Waals surface area contributed by atoms with Crippen LogP contribution in [-0.2, 0) is 14.9 Å². The molecule has 2 unspecified atom stereocenters. The third-order valence-electron chi connectivity index (χ3n) is 5.80. The zero-order valence-corrected chi connectivity index (χ0v) is 19.5. The van der Waals surface area contributed by atoms with Gasteiger partial charge in [-0.15, -0.1) is 0 Å². The molecule has 0 saturated carbocycles. The van der Waals surface area contributed by atoms with Crippen molar-refractivity contribution in [1.29, 1.82) is 0 Å². The Labute approximate surface area is 173 Å². The fourth-order valence-electron chi connectivity index (χ4n) is 4.35. The molecule has 0 heterocycles. The van der Waals surface area contributed by atoms with E-state index < -0.39 is 31.4 Å². The second kappa shape index (κ2) is 12.8. The molecule has 0 spiro atoms. The Morgan fingerprint density at radius 1 is 0.857 bits per heavy atom. The highest BCUT2D eigenvalue weighted by molar-refractivity contribution is 7.87. The molecule has 1 N–H and O–H groups in total. The Morgan fingerprint density at radius 2 is 1.21 bits per heavy atom. The third-order valence-corrected chi connectivity index (χ3v) is 7.63. The summed E-state index contributed by atoms with van der Waals surface area (Å²) < 4.78 is 34.4. The highest BCUT2D eigenvalue weighted by Gasteiger charge is 2.61. The highest BCUT2D eigenvalue weighted by atomic mass is 32.2. The van der Waals surface area contributed by atoms with Gasteiger partial charge in [-0.1, -0.05) is 84.5 Å². The van der Waals surface area contributed by atoms with Gasteiger partial charge < -0.3 is 14.4 Å². The van der Waals surface area contributed by atoms with Crippen molar-refractivity contribution in [3.05, 3.63) is 0 Å². The lowest BCUT2D eigenvalue weighted by molar-refractivity contribution is -0.905. The lowest BCUT2D eigenvalue weighted by Crippen LogP contribution is -2.73. The molecule has 0 aliphatic carbocycles. The minimum atomic E-state index is -4.87. The molecular formula is C21H43NO5S. The summed E-state index contributed by atoms with van der Waals surface area (Å²) in [5, 5.41) is 12.2. The number of carboxylic acids is 1. The molecule has 6 nitrogen and oxygen atoms in total. The summed E-state index contributed by atoms with van der Waals surface area (Å²) in [6.07, 6.45) is 12.2. The van der Waals surface area contributed by atoms with E-state index in [1.165, 1.54) is 40.4 Å². The van der Waals surface area contributed by atoms with Crippen LogP contribution in [0.1, 0.15) is 97.3 Å². The van der Waals surface area contributed by atoms with Crippen molar-refractivity contribution in [3.63, 3.8) is 0 Å².